The predicted octanol–water partition coefficient (Wildman–Crippen LogP) is 5.29. The Morgan fingerprint density at radius 3 is 2.46 bits per heavy atom. The van der Waals surface area contributed by atoms with E-state index in [0.29, 0.717) is 11.6 Å². The lowest BCUT2D eigenvalue weighted by atomic mass is 10.1. The molecule has 1 amide bonds. The van der Waals surface area contributed by atoms with E-state index in [9.17, 15) is 24.5 Å². The van der Waals surface area contributed by atoms with E-state index in [4.69, 9.17) is 16.3 Å². The van der Waals surface area contributed by atoms with Crippen molar-refractivity contribution in [2.45, 2.75) is 32.7 Å². The highest BCUT2D eigenvalue weighted by molar-refractivity contribution is 6.34. The van der Waals surface area contributed by atoms with E-state index in [1.807, 2.05) is 19.9 Å². The van der Waals surface area contributed by atoms with E-state index in [2.05, 4.69) is 9.88 Å². The number of nitrogens with one attached hydrogen (secondary N) is 1. The number of nitrogens with zero attached hydrogens (tertiary/aromatic N) is 2. The lowest BCUT2D eigenvalue weighted by molar-refractivity contribution is -0.384. The van der Waals surface area contributed by atoms with Crippen LogP contribution >= 0.6 is 11.6 Å². The van der Waals surface area contributed by atoms with Crippen LogP contribution < -0.4 is 5.32 Å². The number of benzene rings is 2. The number of halogens is 1. The van der Waals surface area contributed by atoms with Gasteiger partial charge in [-0.3, -0.25) is 19.7 Å². The number of nitro benzene ring substituents is 1. The van der Waals surface area contributed by atoms with Gasteiger partial charge in [-0.15, -0.1) is 0 Å². The number of anilines is 1. The molecule has 1 fully saturated rings. The number of rotatable bonds is 8. The van der Waals surface area contributed by atoms with E-state index >= 15 is 0 Å². The maximum atomic E-state index is 12.7. The Kier molecular flexibility index (Phi) is 6.70. The monoisotopic (exact) mass is 495 g/mol. The van der Waals surface area contributed by atoms with Gasteiger partial charge in [0, 0.05) is 35.1 Å². The largest absolute Gasteiger partial charge is 0.454 e. The summed E-state index contributed by atoms with van der Waals surface area (Å²) in [7, 11) is 0. The fourth-order valence-corrected chi connectivity index (χ4v) is 4.26. The molecule has 0 aliphatic heterocycles. The topological polar surface area (TPSA) is 121 Å². The first-order valence-electron chi connectivity index (χ1n) is 10.9. The molecule has 0 saturated heterocycles. The summed E-state index contributed by atoms with van der Waals surface area (Å²) in [5.41, 5.74) is 2.33. The Labute approximate surface area is 205 Å². The molecule has 1 saturated carbocycles. The van der Waals surface area contributed by atoms with Crippen LogP contribution in [0.1, 0.15) is 61.3 Å². The maximum absolute atomic E-state index is 12.7. The number of carbonyl (C=O) groups is 3. The zero-order valence-electron chi connectivity index (χ0n) is 19.0. The lowest BCUT2D eigenvalue weighted by Gasteiger charge is -2.12. The number of nitro groups is 1. The first kappa shape index (κ1) is 24.2. The first-order valence-corrected chi connectivity index (χ1v) is 11.3. The van der Waals surface area contributed by atoms with Crippen LogP contribution in [0, 0.1) is 24.0 Å². The summed E-state index contributed by atoms with van der Waals surface area (Å²) in [5, 5.41) is 13.4. The number of non-ortho nitro benzene ring substituents is 1. The van der Waals surface area contributed by atoms with Crippen molar-refractivity contribution in [3.05, 3.63) is 91.7 Å². The van der Waals surface area contributed by atoms with Crippen LogP contribution in [0.4, 0.5) is 11.4 Å². The number of aromatic nitrogens is 1. The van der Waals surface area contributed by atoms with E-state index in [1.165, 1.54) is 18.2 Å². The summed E-state index contributed by atoms with van der Waals surface area (Å²) < 4.78 is 7.41. The van der Waals surface area contributed by atoms with Crippen molar-refractivity contribution < 1.29 is 24.0 Å². The number of amides is 1. The Hall–Kier alpha value is -3.98. The van der Waals surface area contributed by atoms with Gasteiger partial charge >= 0.3 is 5.97 Å². The van der Waals surface area contributed by atoms with Crippen LogP contribution in [-0.2, 0) is 4.74 Å². The molecule has 10 heteroatoms. The van der Waals surface area contributed by atoms with E-state index in [0.717, 1.165) is 36.4 Å². The van der Waals surface area contributed by atoms with Crippen molar-refractivity contribution in [3.63, 3.8) is 0 Å². The summed E-state index contributed by atoms with van der Waals surface area (Å²) in [6, 6.07) is 11.9. The third-order valence-corrected chi connectivity index (χ3v) is 6.15. The number of ketones is 1. The van der Waals surface area contributed by atoms with Gasteiger partial charge in [-0.05, 0) is 51.0 Å². The van der Waals surface area contributed by atoms with Crippen molar-refractivity contribution >= 4 is 40.6 Å². The van der Waals surface area contributed by atoms with Crippen molar-refractivity contribution in [2.24, 2.45) is 0 Å². The fourth-order valence-electron chi connectivity index (χ4n) is 4.00. The molecule has 1 aromatic heterocycles. The standard InChI is InChI=1S/C25H22ClN3O6/c1-14-11-20(15(2)28(14)16-7-8-16)23(30)13-35-25(32)19-5-3-4-6-22(19)27-24(31)18-10-9-17(29(33)34)12-21(18)26/h3-6,9-12,16H,7-8,13H2,1-2H3,(H,27,31). The Bertz CT molecular complexity index is 1360. The predicted molar refractivity (Wildman–Crippen MR) is 129 cm³/mol. The van der Waals surface area contributed by atoms with Crippen LogP contribution in [0.2, 0.25) is 5.02 Å². The van der Waals surface area contributed by atoms with Gasteiger partial charge in [0.2, 0.25) is 5.78 Å². The SMILES string of the molecule is Cc1cc(C(=O)COC(=O)c2ccccc2NC(=O)c2ccc([N+](=O)[O-])cc2Cl)c(C)n1C1CC1. The molecule has 0 atom stereocenters. The number of carbonyl (C=O) groups excluding carboxylic acids is 3. The van der Waals surface area contributed by atoms with E-state index < -0.39 is 23.4 Å². The molecule has 1 N–H and O–H groups in total. The van der Waals surface area contributed by atoms with Gasteiger partial charge in [-0.25, -0.2) is 4.79 Å². The van der Waals surface area contributed by atoms with Gasteiger partial charge in [0.25, 0.3) is 11.6 Å². The number of hydrogen-bond donors (Lipinski definition) is 1. The highest BCUT2D eigenvalue weighted by atomic mass is 35.5. The van der Waals surface area contributed by atoms with Gasteiger partial charge in [0.15, 0.2) is 6.61 Å². The van der Waals surface area contributed by atoms with Crippen molar-refractivity contribution in [3.8, 4) is 0 Å². The number of Topliss-reactive ketones (excluding diaryl/α,β-unsaturated/α-hetero) is 1. The molecule has 180 valence electrons. The molecule has 35 heavy (non-hydrogen) atoms. The van der Waals surface area contributed by atoms with Gasteiger partial charge in [0.1, 0.15) is 0 Å². The molecule has 1 aliphatic rings. The average Bonchev–Trinajstić information content (AvgIpc) is 3.61. The minimum Gasteiger partial charge on any atom is -0.454 e. The molecule has 1 heterocycles. The van der Waals surface area contributed by atoms with Gasteiger partial charge in [-0.2, -0.15) is 0 Å². The second kappa shape index (κ2) is 9.71. The smallest absolute Gasteiger partial charge is 0.340 e. The number of esters is 1. The van der Waals surface area contributed by atoms with Crippen LogP contribution in [-0.4, -0.2) is 33.8 Å². The first-order chi connectivity index (χ1) is 16.7. The number of ether oxygens (including phenoxy) is 1. The third-order valence-electron chi connectivity index (χ3n) is 5.83. The quantitative estimate of drug-likeness (QED) is 0.196. The molecule has 9 nitrogen and oxygen atoms in total. The molecule has 4 rings (SSSR count). The molecular weight excluding hydrogens is 474 g/mol. The van der Waals surface area contributed by atoms with Crippen LogP contribution in [0.15, 0.2) is 48.5 Å². The maximum Gasteiger partial charge on any atom is 0.340 e. The van der Waals surface area contributed by atoms with Crippen molar-refractivity contribution in [2.75, 3.05) is 11.9 Å². The van der Waals surface area contributed by atoms with Gasteiger partial charge < -0.3 is 14.6 Å². The van der Waals surface area contributed by atoms with Gasteiger partial charge in [-0.1, -0.05) is 23.7 Å². The summed E-state index contributed by atoms with van der Waals surface area (Å²) in [5.74, 6) is -1.74. The van der Waals surface area contributed by atoms with E-state index in [-0.39, 0.29) is 33.3 Å². The molecule has 1 aliphatic carbocycles. The zero-order valence-corrected chi connectivity index (χ0v) is 19.8. The molecule has 0 unspecified atom stereocenters. The Morgan fingerprint density at radius 1 is 1.09 bits per heavy atom. The number of para-hydroxylation sites is 1. The lowest BCUT2D eigenvalue weighted by Crippen LogP contribution is -2.18. The van der Waals surface area contributed by atoms with Crippen LogP contribution in [0.3, 0.4) is 0 Å². The molecule has 3 aromatic rings. The van der Waals surface area contributed by atoms with Gasteiger partial charge in [0.05, 0.1) is 26.8 Å². The fraction of sp³-hybridized carbons (Fsp3) is 0.240. The molecule has 0 bridgehead atoms. The van der Waals surface area contributed by atoms with E-state index in [1.54, 1.807) is 12.1 Å². The molecule has 0 radical (unpaired) electrons. The Morgan fingerprint density at radius 2 is 1.80 bits per heavy atom. The summed E-state index contributed by atoms with van der Waals surface area (Å²) in [6.45, 7) is 3.39. The third kappa shape index (κ3) is 5.09. The summed E-state index contributed by atoms with van der Waals surface area (Å²) in [4.78, 5) is 48.5. The molecule has 0 spiro atoms. The summed E-state index contributed by atoms with van der Waals surface area (Å²) in [6.07, 6.45) is 2.18. The summed E-state index contributed by atoms with van der Waals surface area (Å²) >= 11 is 6.03. The highest BCUT2D eigenvalue weighted by Crippen LogP contribution is 2.38. The minimum absolute atomic E-state index is 0.00151. The molecule has 2 aromatic carbocycles. The average molecular weight is 496 g/mol. The molecular formula is C25H22ClN3O6. The van der Waals surface area contributed by atoms with Crippen molar-refractivity contribution in [1.29, 1.82) is 0 Å². The Balaban J connectivity index is 1.45. The van der Waals surface area contributed by atoms with Crippen molar-refractivity contribution in [1.82, 2.24) is 4.57 Å². The van der Waals surface area contributed by atoms with Crippen LogP contribution in [0.25, 0.3) is 0 Å². The second-order valence-corrected chi connectivity index (χ2v) is 8.71. The minimum atomic E-state index is -0.778. The zero-order chi connectivity index (χ0) is 25.3. The highest BCUT2D eigenvalue weighted by Gasteiger charge is 2.28. The number of hydrogen-bond acceptors (Lipinski definition) is 6. The normalized spacial score (nSPS) is 12.8. The van der Waals surface area contributed by atoms with Crippen LogP contribution in [0.5, 0.6) is 0 Å². The number of aryl methyl sites for hydroxylation is 1. The second-order valence-electron chi connectivity index (χ2n) is 8.31.